The molecule has 0 fully saturated rings. The minimum absolute atomic E-state index is 0.111. The molecule has 0 aliphatic heterocycles. The van der Waals surface area contributed by atoms with Crippen molar-refractivity contribution in [3.8, 4) is 17.2 Å². The number of hydrogen-bond acceptors (Lipinski definition) is 4. The maximum atomic E-state index is 11.9. The topological polar surface area (TPSA) is 64.8 Å². The number of halogens is 1. The van der Waals surface area contributed by atoms with Crippen molar-refractivity contribution < 1.29 is 14.3 Å². The van der Waals surface area contributed by atoms with E-state index in [-0.39, 0.29) is 12.5 Å². The zero-order valence-corrected chi connectivity index (χ0v) is 17.1. The normalized spacial score (nSPS) is 10.8. The molecule has 6 nitrogen and oxygen atoms in total. The maximum Gasteiger partial charge on any atom is 0.277 e. The third-order valence-corrected chi connectivity index (χ3v) is 4.45. The summed E-state index contributed by atoms with van der Waals surface area (Å²) in [6.07, 6.45) is 3.55. The summed E-state index contributed by atoms with van der Waals surface area (Å²) >= 11 is 3.36. The summed E-state index contributed by atoms with van der Waals surface area (Å²) in [5, 5.41) is 4.00. The van der Waals surface area contributed by atoms with Gasteiger partial charge in [0.15, 0.2) is 6.61 Å². The van der Waals surface area contributed by atoms with E-state index in [1.165, 1.54) is 0 Å². The molecule has 0 bridgehead atoms. The Kier molecular flexibility index (Phi) is 6.49. The third kappa shape index (κ3) is 5.23. The van der Waals surface area contributed by atoms with Crippen molar-refractivity contribution in [3.05, 3.63) is 76.5 Å². The van der Waals surface area contributed by atoms with Crippen LogP contribution >= 0.6 is 15.9 Å². The quantitative estimate of drug-likeness (QED) is 0.443. The molecule has 0 unspecified atom stereocenters. The standard InChI is InChI=1S/C21H20BrN3O3/c1-15-10-16(13-25(15)18-6-8-19(27-2)9-7-18)12-23-24-21(26)14-28-20-5-3-4-17(22)11-20/h3-13H,14H2,1-2H3,(H,24,26)/b23-12+. The summed E-state index contributed by atoms with van der Waals surface area (Å²) in [6, 6.07) is 17.1. The fourth-order valence-corrected chi connectivity index (χ4v) is 2.99. The van der Waals surface area contributed by atoms with Crippen LogP contribution in [-0.4, -0.2) is 30.4 Å². The Balaban J connectivity index is 1.56. The minimum Gasteiger partial charge on any atom is -0.497 e. The summed E-state index contributed by atoms with van der Waals surface area (Å²) in [6.45, 7) is 1.89. The Bertz CT molecular complexity index is 981. The van der Waals surface area contributed by atoms with Crippen LogP contribution < -0.4 is 14.9 Å². The van der Waals surface area contributed by atoms with E-state index in [0.29, 0.717) is 5.75 Å². The van der Waals surface area contributed by atoms with Crippen molar-refractivity contribution in [3.63, 3.8) is 0 Å². The van der Waals surface area contributed by atoms with E-state index in [9.17, 15) is 4.79 Å². The van der Waals surface area contributed by atoms with Gasteiger partial charge in [0, 0.05) is 27.6 Å². The Labute approximate surface area is 171 Å². The van der Waals surface area contributed by atoms with Crippen LogP contribution in [0.5, 0.6) is 11.5 Å². The number of methoxy groups -OCH3 is 1. The smallest absolute Gasteiger partial charge is 0.277 e. The number of aryl methyl sites for hydroxylation is 1. The second-order valence-corrected chi connectivity index (χ2v) is 6.94. The number of carbonyl (C=O) groups excluding carboxylic acids is 1. The number of hydrogen-bond donors (Lipinski definition) is 1. The average molecular weight is 442 g/mol. The number of hydrazone groups is 1. The van der Waals surface area contributed by atoms with Crippen LogP contribution in [0.15, 0.2) is 70.4 Å². The second kappa shape index (κ2) is 9.23. The second-order valence-electron chi connectivity index (χ2n) is 6.02. The van der Waals surface area contributed by atoms with E-state index >= 15 is 0 Å². The van der Waals surface area contributed by atoms with Gasteiger partial charge in [-0.2, -0.15) is 5.10 Å². The summed E-state index contributed by atoms with van der Waals surface area (Å²) in [7, 11) is 1.64. The molecule has 0 radical (unpaired) electrons. The van der Waals surface area contributed by atoms with Gasteiger partial charge in [0.2, 0.25) is 0 Å². The molecule has 0 saturated carbocycles. The number of rotatable bonds is 7. The van der Waals surface area contributed by atoms with Crippen LogP contribution in [0.4, 0.5) is 0 Å². The molecule has 7 heteroatoms. The molecular weight excluding hydrogens is 422 g/mol. The summed E-state index contributed by atoms with van der Waals surface area (Å²) in [5.74, 6) is 1.09. The number of carbonyl (C=O) groups is 1. The van der Waals surface area contributed by atoms with Gasteiger partial charge in [-0.05, 0) is 55.5 Å². The van der Waals surface area contributed by atoms with E-state index < -0.39 is 0 Å². The van der Waals surface area contributed by atoms with Crippen LogP contribution in [0, 0.1) is 6.92 Å². The van der Waals surface area contributed by atoms with Gasteiger partial charge in [-0.1, -0.05) is 22.0 Å². The molecule has 0 spiro atoms. The highest BCUT2D eigenvalue weighted by Crippen LogP contribution is 2.19. The van der Waals surface area contributed by atoms with Gasteiger partial charge in [0.1, 0.15) is 11.5 Å². The first-order chi connectivity index (χ1) is 13.5. The third-order valence-electron chi connectivity index (χ3n) is 3.95. The molecule has 0 saturated heterocycles. The van der Waals surface area contributed by atoms with Crippen LogP contribution in [-0.2, 0) is 4.79 Å². The molecule has 0 aliphatic rings. The SMILES string of the molecule is COc1ccc(-n2cc(/C=N/NC(=O)COc3cccc(Br)c3)cc2C)cc1. The monoisotopic (exact) mass is 441 g/mol. The Morgan fingerprint density at radius 2 is 1.96 bits per heavy atom. The molecular formula is C21H20BrN3O3. The molecule has 1 heterocycles. The van der Waals surface area contributed by atoms with Gasteiger partial charge in [-0.15, -0.1) is 0 Å². The Morgan fingerprint density at radius 1 is 1.18 bits per heavy atom. The predicted molar refractivity (Wildman–Crippen MR) is 112 cm³/mol. The minimum atomic E-state index is -0.331. The van der Waals surface area contributed by atoms with Crippen molar-refractivity contribution >= 4 is 28.1 Å². The largest absolute Gasteiger partial charge is 0.497 e. The van der Waals surface area contributed by atoms with Crippen molar-refractivity contribution in [2.45, 2.75) is 6.92 Å². The maximum absolute atomic E-state index is 11.9. The van der Waals surface area contributed by atoms with Crippen molar-refractivity contribution in [1.82, 2.24) is 9.99 Å². The van der Waals surface area contributed by atoms with Crippen molar-refractivity contribution in [1.29, 1.82) is 0 Å². The fraction of sp³-hybridized carbons (Fsp3) is 0.143. The van der Waals surface area contributed by atoms with Crippen LogP contribution in [0.1, 0.15) is 11.3 Å². The number of benzene rings is 2. The summed E-state index contributed by atoms with van der Waals surface area (Å²) in [5.41, 5.74) is 5.41. The van der Waals surface area contributed by atoms with E-state index in [1.807, 2.05) is 60.2 Å². The van der Waals surface area contributed by atoms with Gasteiger partial charge in [-0.25, -0.2) is 5.43 Å². The Hall–Kier alpha value is -3.06. The first-order valence-corrected chi connectivity index (χ1v) is 9.38. The van der Waals surface area contributed by atoms with Gasteiger partial charge in [-0.3, -0.25) is 4.79 Å². The molecule has 2 aromatic carbocycles. The van der Waals surface area contributed by atoms with Gasteiger partial charge >= 0.3 is 0 Å². The lowest BCUT2D eigenvalue weighted by Crippen LogP contribution is -2.24. The lowest BCUT2D eigenvalue weighted by Gasteiger charge is -2.06. The number of amides is 1. The van der Waals surface area contributed by atoms with E-state index in [0.717, 1.165) is 27.2 Å². The predicted octanol–water partition coefficient (Wildman–Crippen LogP) is 4.09. The molecule has 1 aromatic heterocycles. The zero-order valence-electron chi connectivity index (χ0n) is 15.6. The molecule has 3 rings (SSSR count). The van der Waals surface area contributed by atoms with Gasteiger partial charge in [0.25, 0.3) is 5.91 Å². The van der Waals surface area contributed by atoms with Crippen LogP contribution in [0.2, 0.25) is 0 Å². The zero-order chi connectivity index (χ0) is 19.9. The Morgan fingerprint density at radius 3 is 2.68 bits per heavy atom. The number of aromatic nitrogens is 1. The van der Waals surface area contributed by atoms with Crippen LogP contribution in [0.25, 0.3) is 5.69 Å². The first-order valence-electron chi connectivity index (χ1n) is 8.59. The van der Waals surface area contributed by atoms with Crippen LogP contribution in [0.3, 0.4) is 0 Å². The first kappa shape index (κ1) is 19.7. The average Bonchev–Trinajstić information content (AvgIpc) is 3.07. The molecule has 1 N–H and O–H groups in total. The van der Waals surface area contributed by atoms with Crippen molar-refractivity contribution in [2.75, 3.05) is 13.7 Å². The lowest BCUT2D eigenvalue weighted by atomic mass is 10.3. The highest BCUT2D eigenvalue weighted by molar-refractivity contribution is 9.10. The molecule has 144 valence electrons. The number of nitrogens with zero attached hydrogens (tertiary/aromatic N) is 2. The molecule has 1 amide bonds. The van der Waals surface area contributed by atoms with Gasteiger partial charge in [0.05, 0.1) is 13.3 Å². The molecule has 0 aliphatic carbocycles. The summed E-state index contributed by atoms with van der Waals surface area (Å²) in [4.78, 5) is 11.9. The highest BCUT2D eigenvalue weighted by atomic mass is 79.9. The highest BCUT2D eigenvalue weighted by Gasteiger charge is 2.05. The number of ether oxygens (including phenoxy) is 2. The van der Waals surface area contributed by atoms with E-state index in [1.54, 1.807) is 25.5 Å². The molecule has 28 heavy (non-hydrogen) atoms. The van der Waals surface area contributed by atoms with Gasteiger partial charge < -0.3 is 14.0 Å². The molecule has 3 aromatic rings. The van der Waals surface area contributed by atoms with Crippen molar-refractivity contribution in [2.24, 2.45) is 5.10 Å². The lowest BCUT2D eigenvalue weighted by molar-refractivity contribution is -0.123. The fourth-order valence-electron chi connectivity index (χ4n) is 2.61. The van der Waals surface area contributed by atoms with E-state index in [4.69, 9.17) is 9.47 Å². The molecule has 0 atom stereocenters. The summed E-state index contributed by atoms with van der Waals surface area (Å²) < 4.78 is 13.5. The number of nitrogens with one attached hydrogen (secondary N) is 1. The van der Waals surface area contributed by atoms with E-state index in [2.05, 4.69) is 26.5 Å².